The third-order valence-corrected chi connectivity index (χ3v) is 3.79. The lowest BCUT2D eigenvalue weighted by Crippen LogP contribution is -1.99. The van der Waals surface area contributed by atoms with E-state index < -0.39 is 5.97 Å². The molecule has 2 aromatic heterocycles. The SMILES string of the molecule is Cn1nc(C(=O)O)cc1-c1ccc2c(Br)nn(C)c2c1. The van der Waals surface area contributed by atoms with Crippen molar-refractivity contribution in [3.8, 4) is 11.3 Å². The first-order chi connectivity index (χ1) is 9.47. The van der Waals surface area contributed by atoms with E-state index in [1.54, 1.807) is 22.5 Å². The van der Waals surface area contributed by atoms with Crippen molar-refractivity contribution in [2.45, 2.75) is 0 Å². The third-order valence-electron chi connectivity index (χ3n) is 3.20. The van der Waals surface area contributed by atoms with Gasteiger partial charge in [-0.2, -0.15) is 10.2 Å². The van der Waals surface area contributed by atoms with Gasteiger partial charge in [-0.1, -0.05) is 6.07 Å². The lowest BCUT2D eigenvalue weighted by Gasteiger charge is -2.02. The van der Waals surface area contributed by atoms with E-state index in [0.717, 1.165) is 26.8 Å². The summed E-state index contributed by atoms with van der Waals surface area (Å²) in [6.45, 7) is 0. The first kappa shape index (κ1) is 12.9. The van der Waals surface area contributed by atoms with Crippen LogP contribution in [0.5, 0.6) is 0 Å². The number of benzene rings is 1. The number of aromatic nitrogens is 4. The molecular weight excluding hydrogens is 324 g/mol. The van der Waals surface area contributed by atoms with E-state index in [1.807, 2.05) is 25.2 Å². The van der Waals surface area contributed by atoms with E-state index >= 15 is 0 Å². The molecule has 0 bridgehead atoms. The van der Waals surface area contributed by atoms with Crippen LogP contribution in [-0.2, 0) is 14.1 Å². The number of carboxylic acid groups (broad SMARTS) is 1. The van der Waals surface area contributed by atoms with Crippen molar-refractivity contribution in [1.82, 2.24) is 19.6 Å². The summed E-state index contributed by atoms with van der Waals surface area (Å²) < 4.78 is 4.13. The Kier molecular flexibility index (Phi) is 2.86. The number of aryl methyl sites for hydroxylation is 2. The molecule has 102 valence electrons. The van der Waals surface area contributed by atoms with Crippen molar-refractivity contribution in [1.29, 1.82) is 0 Å². The smallest absolute Gasteiger partial charge is 0.356 e. The molecule has 0 spiro atoms. The molecule has 6 nitrogen and oxygen atoms in total. The normalized spacial score (nSPS) is 11.2. The first-order valence-corrected chi connectivity index (χ1v) is 6.66. The standard InChI is InChI=1S/C13H11BrN4O2/c1-17-10(6-9(15-17)13(19)20)7-3-4-8-11(5-7)18(2)16-12(8)14/h3-6H,1-2H3,(H,19,20). The minimum Gasteiger partial charge on any atom is -0.476 e. The molecule has 0 aliphatic rings. The van der Waals surface area contributed by atoms with Crippen molar-refractivity contribution < 1.29 is 9.90 Å². The number of rotatable bonds is 2. The number of hydrogen-bond acceptors (Lipinski definition) is 3. The topological polar surface area (TPSA) is 72.9 Å². The van der Waals surface area contributed by atoms with Crippen LogP contribution in [0.2, 0.25) is 0 Å². The number of carbonyl (C=O) groups is 1. The van der Waals surface area contributed by atoms with Crippen LogP contribution in [0.4, 0.5) is 0 Å². The van der Waals surface area contributed by atoms with Crippen LogP contribution in [-0.4, -0.2) is 30.6 Å². The summed E-state index contributed by atoms with van der Waals surface area (Å²) in [7, 11) is 3.59. The van der Waals surface area contributed by atoms with Crippen LogP contribution >= 0.6 is 15.9 Å². The summed E-state index contributed by atoms with van der Waals surface area (Å²) in [6.07, 6.45) is 0. The zero-order valence-corrected chi connectivity index (χ0v) is 12.4. The van der Waals surface area contributed by atoms with Gasteiger partial charge in [-0.05, 0) is 34.1 Å². The Bertz CT molecular complexity index is 834. The monoisotopic (exact) mass is 334 g/mol. The zero-order valence-electron chi connectivity index (χ0n) is 10.8. The maximum atomic E-state index is 11.0. The Morgan fingerprint density at radius 3 is 2.60 bits per heavy atom. The van der Waals surface area contributed by atoms with Crippen LogP contribution in [0.1, 0.15) is 10.5 Å². The van der Waals surface area contributed by atoms with E-state index in [2.05, 4.69) is 26.1 Å². The lowest BCUT2D eigenvalue weighted by molar-refractivity contribution is 0.0689. The van der Waals surface area contributed by atoms with Crippen molar-refractivity contribution >= 4 is 32.8 Å². The largest absolute Gasteiger partial charge is 0.476 e. The molecule has 1 N–H and O–H groups in total. The average molecular weight is 335 g/mol. The fraction of sp³-hybridized carbons (Fsp3) is 0.154. The maximum absolute atomic E-state index is 11.0. The van der Waals surface area contributed by atoms with Crippen LogP contribution in [0.3, 0.4) is 0 Å². The second-order valence-electron chi connectivity index (χ2n) is 4.49. The van der Waals surface area contributed by atoms with Crippen molar-refractivity contribution in [3.05, 3.63) is 34.6 Å². The average Bonchev–Trinajstić information content (AvgIpc) is 2.91. The molecule has 0 aliphatic carbocycles. The second-order valence-corrected chi connectivity index (χ2v) is 5.24. The van der Waals surface area contributed by atoms with E-state index in [0.29, 0.717) is 0 Å². The third kappa shape index (κ3) is 1.90. The Morgan fingerprint density at radius 1 is 1.20 bits per heavy atom. The number of carboxylic acids is 1. The molecule has 0 atom stereocenters. The minimum atomic E-state index is -1.03. The second kappa shape index (κ2) is 4.45. The van der Waals surface area contributed by atoms with Crippen LogP contribution < -0.4 is 0 Å². The van der Waals surface area contributed by atoms with Gasteiger partial charge in [0.25, 0.3) is 0 Å². The van der Waals surface area contributed by atoms with E-state index in [4.69, 9.17) is 5.11 Å². The van der Waals surface area contributed by atoms with E-state index in [-0.39, 0.29) is 5.69 Å². The number of aromatic carboxylic acids is 1. The van der Waals surface area contributed by atoms with Gasteiger partial charge in [0.05, 0.1) is 11.2 Å². The fourth-order valence-corrected chi connectivity index (χ4v) is 2.79. The molecule has 0 radical (unpaired) electrons. The van der Waals surface area contributed by atoms with Gasteiger partial charge in [0.1, 0.15) is 4.60 Å². The van der Waals surface area contributed by atoms with Gasteiger partial charge in [-0.15, -0.1) is 0 Å². The number of nitrogens with zero attached hydrogens (tertiary/aromatic N) is 4. The zero-order chi connectivity index (χ0) is 14.4. The van der Waals surface area contributed by atoms with Gasteiger partial charge in [0, 0.05) is 25.0 Å². The molecule has 0 amide bonds. The Hall–Kier alpha value is -2.15. The highest BCUT2D eigenvalue weighted by molar-refractivity contribution is 9.10. The summed E-state index contributed by atoms with van der Waals surface area (Å²) in [6, 6.07) is 7.41. The van der Waals surface area contributed by atoms with Gasteiger partial charge >= 0.3 is 5.97 Å². The number of hydrogen-bond donors (Lipinski definition) is 1. The minimum absolute atomic E-state index is 0.0359. The summed E-state index contributed by atoms with van der Waals surface area (Å²) in [5.41, 5.74) is 2.65. The highest BCUT2D eigenvalue weighted by Gasteiger charge is 2.14. The summed E-state index contributed by atoms with van der Waals surface area (Å²) in [4.78, 5) is 11.0. The summed E-state index contributed by atoms with van der Waals surface area (Å²) >= 11 is 3.41. The van der Waals surface area contributed by atoms with E-state index in [9.17, 15) is 4.79 Å². The Morgan fingerprint density at radius 2 is 1.95 bits per heavy atom. The van der Waals surface area contributed by atoms with Crippen LogP contribution in [0, 0.1) is 0 Å². The Labute approximate surface area is 122 Å². The highest BCUT2D eigenvalue weighted by atomic mass is 79.9. The molecular formula is C13H11BrN4O2. The number of fused-ring (bicyclic) bond motifs is 1. The lowest BCUT2D eigenvalue weighted by atomic mass is 10.1. The molecule has 3 aromatic rings. The summed E-state index contributed by atoms with van der Waals surface area (Å²) in [5, 5.41) is 18.3. The fourth-order valence-electron chi connectivity index (χ4n) is 2.21. The molecule has 1 aromatic carbocycles. The van der Waals surface area contributed by atoms with Crippen LogP contribution in [0.15, 0.2) is 28.9 Å². The highest BCUT2D eigenvalue weighted by Crippen LogP contribution is 2.28. The van der Waals surface area contributed by atoms with Gasteiger partial charge in [-0.3, -0.25) is 9.36 Å². The molecule has 0 aliphatic heterocycles. The molecule has 0 unspecified atom stereocenters. The quantitative estimate of drug-likeness (QED) is 0.781. The predicted molar refractivity (Wildman–Crippen MR) is 77.6 cm³/mol. The Balaban J connectivity index is 2.19. The molecule has 3 rings (SSSR count). The molecule has 20 heavy (non-hydrogen) atoms. The van der Waals surface area contributed by atoms with Gasteiger partial charge < -0.3 is 5.11 Å². The predicted octanol–water partition coefficient (Wildman–Crippen LogP) is 2.43. The van der Waals surface area contributed by atoms with Crippen molar-refractivity contribution in [3.63, 3.8) is 0 Å². The molecule has 7 heteroatoms. The van der Waals surface area contributed by atoms with Gasteiger partial charge in [0.2, 0.25) is 0 Å². The maximum Gasteiger partial charge on any atom is 0.356 e. The van der Waals surface area contributed by atoms with Gasteiger partial charge in [-0.25, -0.2) is 4.79 Å². The van der Waals surface area contributed by atoms with E-state index in [1.165, 1.54) is 0 Å². The molecule has 2 heterocycles. The van der Waals surface area contributed by atoms with Crippen molar-refractivity contribution in [2.75, 3.05) is 0 Å². The molecule has 0 fully saturated rings. The van der Waals surface area contributed by atoms with Crippen molar-refractivity contribution in [2.24, 2.45) is 14.1 Å². The number of halogens is 1. The first-order valence-electron chi connectivity index (χ1n) is 5.87. The molecule has 0 saturated heterocycles. The molecule has 0 saturated carbocycles. The van der Waals surface area contributed by atoms with Crippen LogP contribution in [0.25, 0.3) is 22.2 Å². The summed E-state index contributed by atoms with van der Waals surface area (Å²) in [5.74, 6) is -1.03. The van der Waals surface area contributed by atoms with Gasteiger partial charge in [0.15, 0.2) is 5.69 Å².